The van der Waals surface area contributed by atoms with Gasteiger partial charge < -0.3 is 9.64 Å². The number of para-hydroxylation sites is 1. The molecule has 0 saturated heterocycles. The summed E-state index contributed by atoms with van der Waals surface area (Å²) in [4.78, 5) is 14.9. The summed E-state index contributed by atoms with van der Waals surface area (Å²) < 4.78 is 18.7. The molecule has 2 rings (SSSR count). The van der Waals surface area contributed by atoms with E-state index < -0.39 is 5.82 Å². The third kappa shape index (κ3) is 4.43. The molecule has 3 nitrogen and oxygen atoms in total. The second kappa shape index (κ2) is 7.59. The molecule has 2 aromatic rings. The molecule has 1 heterocycles. The Bertz CT molecular complexity index is 598. The normalized spacial score (nSPS) is 10.1. The summed E-state index contributed by atoms with van der Waals surface area (Å²) in [5, 5.41) is 1.96. The van der Waals surface area contributed by atoms with E-state index in [4.69, 9.17) is 4.74 Å². The molecule has 0 spiro atoms. The summed E-state index contributed by atoms with van der Waals surface area (Å²) >= 11 is 1.58. The van der Waals surface area contributed by atoms with Crippen LogP contribution in [0.5, 0.6) is 5.75 Å². The summed E-state index contributed by atoms with van der Waals surface area (Å²) in [5.74, 6) is -0.592. The zero-order valence-corrected chi connectivity index (χ0v) is 12.3. The first-order chi connectivity index (χ1) is 10.2. The molecule has 0 aliphatic heterocycles. The number of hydrogen-bond donors (Lipinski definition) is 0. The molecule has 0 fully saturated rings. The van der Waals surface area contributed by atoms with E-state index in [2.05, 4.69) is 6.58 Å². The lowest BCUT2D eigenvalue weighted by Crippen LogP contribution is -2.34. The Balaban J connectivity index is 1.95. The number of ether oxygens (including phenoxy) is 1. The van der Waals surface area contributed by atoms with Crippen molar-refractivity contribution < 1.29 is 13.9 Å². The fourth-order valence-corrected chi connectivity index (χ4v) is 2.51. The largest absolute Gasteiger partial charge is 0.481 e. The van der Waals surface area contributed by atoms with E-state index in [1.807, 2.05) is 17.5 Å². The molecule has 0 atom stereocenters. The van der Waals surface area contributed by atoms with Crippen molar-refractivity contribution in [3.63, 3.8) is 0 Å². The monoisotopic (exact) mass is 305 g/mol. The maximum Gasteiger partial charge on any atom is 0.261 e. The van der Waals surface area contributed by atoms with Crippen LogP contribution in [-0.4, -0.2) is 24.0 Å². The quantitative estimate of drug-likeness (QED) is 0.733. The van der Waals surface area contributed by atoms with Gasteiger partial charge >= 0.3 is 0 Å². The van der Waals surface area contributed by atoms with E-state index in [1.165, 1.54) is 12.1 Å². The third-order valence-corrected chi connectivity index (χ3v) is 3.68. The molecule has 5 heteroatoms. The van der Waals surface area contributed by atoms with Gasteiger partial charge in [0.15, 0.2) is 18.2 Å². The molecule has 0 aliphatic rings. The molecule has 0 aliphatic carbocycles. The highest BCUT2D eigenvalue weighted by atomic mass is 32.1. The SMILES string of the molecule is C=CCN(Cc1cccs1)C(=O)COc1ccccc1F. The first-order valence-corrected chi connectivity index (χ1v) is 7.37. The number of carbonyl (C=O) groups excluding carboxylic acids is 1. The number of nitrogens with zero attached hydrogens (tertiary/aromatic N) is 1. The Morgan fingerprint density at radius 2 is 2.14 bits per heavy atom. The highest BCUT2D eigenvalue weighted by Crippen LogP contribution is 2.16. The van der Waals surface area contributed by atoms with Crippen molar-refractivity contribution in [1.29, 1.82) is 0 Å². The minimum Gasteiger partial charge on any atom is -0.481 e. The lowest BCUT2D eigenvalue weighted by Gasteiger charge is -2.20. The van der Waals surface area contributed by atoms with E-state index in [0.29, 0.717) is 13.1 Å². The van der Waals surface area contributed by atoms with Crippen molar-refractivity contribution >= 4 is 17.2 Å². The van der Waals surface area contributed by atoms with Crippen molar-refractivity contribution in [2.45, 2.75) is 6.54 Å². The number of benzene rings is 1. The van der Waals surface area contributed by atoms with Gasteiger partial charge in [0, 0.05) is 11.4 Å². The van der Waals surface area contributed by atoms with Crippen LogP contribution in [-0.2, 0) is 11.3 Å². The highest BCUT2D eigenvalue weighted by Gasteiger charge is 2.14. The summed E-state index contributed by atoms with van der Waals surface area (Å²) in [6.45, 7) is 4.39. The van der Waals surface area contributed by atoms with E-state index >= 15 is 0 Å². The first kappa shape index (κ1) is 15.3. The number of rotatable bonds is 7. The van der Waals surface area contributed by atoms with Crippen LogP contribution in [0.15, 0.2) is 54.4 Å². The van der Waals surface area contributed by atoms with E-state index in [0.717, 1.165) is 4.88 Å². The van der Waals surface area contributed by atoms with Gasteiger partial charge in [-0.15, -0.1) is 17.9 Å². The molecule has 0 unspecified atom stereocenters. The smallest absolute Gasteiger partial charge is 0.261 e. The average Bonchev–Trinajstić information content (AvgIpc) is 2.99. The van der Waals surface area contributed by atoms with Gasteiger partial charge in [-0.2, -0.15) is 0 Å². The van der Waals surface area contributed by atoms with Gasteiger partial charge in [0.1, 0.15) is 0 Å². The van der Waals surface area contributed by atoms with Crippen LogP contribution < -0.4 is 4.74 Å². The van der Waals surface area contributed by atoms with Crippen molar-refractivity contribution in [3.05, 3.63) is 65.1 Å². The van der Waals surface area contributed by atoms with Crippen LogP contribution in [0.3, 0.4) is 0 Å². The maximum absolute atomic E-state index is 13.4. The zero-order chi connectivity index (χ0) is 15.1. The topological polar surface area (TPSA) is 29.5 Å². The highest BCUT2D eigenvalue weighted by molar-refractivity contribution is 7.09. The van der Waals surface area contributed by atoms with E-state index in [9.17, 15) is 9.18 Å². The van der Waals surface area contributed by atoms with Crippen molar-refractivity contribution in [2.75, 3.05) is 13.2 Å². The molecule has 0 radical (unpaired) electrons. The fraction of sp³-hybridized carbons (Fsp3) is 0.188. The van der Waals surface area contributed by atoms with Crippen molar-refractivity contribution in [2.24, 2.45) is 0 Å². The van der Waals surface area contributed by atoms with Gasteiger partial charge in [-0.3, -0.25) is 4.79 Å². The van der Waals surface area contributed by atoms with E-state index in [1.54, 1.807) is 34.4 Å². The van der Waals surface area contributed by atoms with Gasteiger partial charge in [0.25, 0.3) is 5.91 Å². The molecular weight excluding hydrogens is 289 g/mol. The zero-order valence-electron chi connectivity index (χ0n) is 11.5. The molecule has 0 N–H and O–H groups in total. The Kier molecular flexibility index (Phi) is 5.51. The standard InChI is InChI=1S/C16H16FNO2S/c1-2-9-18(11-13-6-5-10-21-13)16(19)12-20-15-8-4-3-7-14(15)17/h2-8,10H,1,9,11-12H2. The molecule has 1 aromatic heterocycles. The minimum atomic E-state index is -0.473. The molecule has 0 bridgehead atoms. The predicted molar refractivity (Wildman–Crippen MR) is 81.8 cm³/mol. The number of halogens is 1. The van der Waals surface area contributed by atoms with Crippen LogP contribution in [0.4, 0.5) is 4.39 Å². The second-order valence-electron chi connectivity index (χ2n) is 4.36. The van der Waals surface area contributed by atoms with Crippen LogP contribution in [0.1, 0.15) is 4.88 Å². The summed E-state index contributed by atoms with van der Waals surface area (Å²) in [5.41, 5.74) is 0. The molecule has 21 heavy (non-hydrogen) atoms. The lowest BCUT2D eigenvalue weighted by atomic mass is 10.3. The minimum absolute atomic E-state index is 0.0838. The van der Waals surface area contributed by atoms with Crippen LogP contribution >= 0.6 is 11.3 Å². The van der Waals surface area contributed by atoms with Crippen LogP contribution in [0, 0.1) is 5.82 Å². The molecule has 1 amide bonds. The van der Waals surface area contributed by atoms with Gasteiger partial charge in [-0.05, 0) is 23.6 Å². The molecule has 1 aromatic carbocycles. The number of amides is 1. The number of hydrogen-bond acceptors (Lipinski definition) is 3. The van der Waals surface area contributed by atoms with Gasteiger partial charge in [0.2, 0.25) is 0 Å². The third-order valence-electron chi connectivity index (χ3n) is 2.82. The first-order valence-electron chi connectivity index (χ1n) is 6.49. The summed E-state index contributed by atoms with van der Waals surface area (Å²) in [6, 6.07) is 9.94. The van der Waals surface area contributed by atoms with E-state index in [-0.39, 0.29) is 18.3 Å². The average molecular weight is 305 g/mol. The van der Waals surface area contributed by atoms with Crippen LogP contribution in [0.25, 0.3) is 0 Å². The maximum atomic E-state index is 13.4. The van der Waals surface area contributed by atoms with Crippen molar-refractivity contribution in [1.82, 2.24) is 4.90 Å². The molecular formula is C16H16FNO2S. The van der Waals surface area contributed by atoms with Crippen molar-refractivity contribution in [3.8, 4) is 5.75 Å². The Morgan fingerprint density at radius 3 is 2.81 bits per heavy atom. The van der Waals surface area contributed by atoms with Gasteiger partial charge in [-0.25, -0.2) is 4.39 Å². The summed E-state index contributed by atoms with van der Waals surface area (Å²) in [7, 11) is 0. The fourth-order valence-electron chi connectivity index (χ4n) is 1.79. The van der Waals surface area contributed by atoms with Gasteiger partial charge in [-0.1, -0.05) is 24.3 Å². The lowest BCUT2D eigenvalue weighted by molar-refractivity contribution is -0.133. The molecule has 0 saturated carbocycles. The Labute approximate surface area is 127 Å². The van der Waals surface area contributed by atoms with Gasteiger partial charge in [0.05, 0.1) is 6.54 Å². The number of thiophene rings is 1. The summed E-state index contributed by atoms with van der Waals surface area (Å²) in [6.07, 6.45) is 1.66. The molecule has 110 valence electrons. The predicted octanol–water partition coefficient (Wildman–Crippen LogP) is 3.48. The second-order valence-corrected chi connectivity index (χ2v) is 5.39. The number of carbonyl (C=O) groups is 1. The Hall–Kier alpha value is -2.14. The Morgan fingerprint density at radius 1 is 1.33 bits per heavy atom. The van der Waals surface area contributed by atoms with Crippen LogP contribution in [0.2, 0.25) is 0 Å².